The van der Waals surface area contributed by atoms with Crippen molar-refractivity contribution in [2.24, 2.45) is 0 Å². The second kappa shape index (κ2) is 9.03. The first-order chi connectivity index (χ1) is 13.9. The Hall–Kier alpha value is -2.96. The van der Waals surface area contributed by atoms with E-state index in [1.165, 1.54) is 0 Å². The maximum atomic E-state index is 13.3. The second-order valence-corrected chi connectivity index (χ2v) is 7.51. The summed E-state index contributed by atoms with van der Waals surface area (Å²) in [5, 5.41) is 3.00. The van der Waals surface area contributed by atoms with Gasteiger partial charge < -0.3 is 24.3 Å². The molecule has 2 aromatic rings. The zero-order chi connectivity index (χ0) is 21.0. The van der Waals surface area contributed by atoms with Gasteiger partial charge >= 0.3 is 6.03 Å². The van der Waals surface area contributed by atoms with Crippen molar-refractivity contribution in [3.05, 3.63) is 47.4 Å². The van der Waals surface area contributed by atoms with Crippen molar-refractivity contribution >= 4 is 17.6 Å². The molecular formula is C22H29N3O4. The molecule has 0 unspecified atom stereocenters. The van der Waals surface area contributed by atoms with Crippen molar-refractivity contribution in [3.63, 3.8) is 0 Å². The number of aryl methyl sites for hydroxylation is 2. The molecule has 29 heavy (non-hydrogen) atoms. The Balaban J connectivity index is 1.79. The Labute approximate surface area is 171 Å². The SMILES string of the molecule is COc1ccc(C)cc1NC(=O)N(Cc1ccc(C)o1)C1CCN(C(C)=O)CC1. The highest BCUT2D eigenvalue weighted by molar-refractivity contribution is 5.91. The van der Waals surface area contributed by atoms with Gasteiger partial charge in [-0.2, -0.15) is 0 Å². The number of nitrogens with zero attached hydrogens (tertiary/aromatic N) is 2. The van der Waals surface area contributed by atoms with Crippen molar-refractivity contribution in [1.82, 2.24) is 9.80 Å². The van der Waals surface area contributed by atoms with Gasteiger partial charge in [-0.1, -0.05) is 6.07 Å². The number of rotatable bonds is 5. The Bertz CT molecular complexity index is 869. The third-order valence-electron chi connectivity index (χ3n) is 5.33. The van der Waals surface area contributed by atoms with E-state index < -0.39 is 0 Å². The number of furan rings is 1. The van der Waals surface area contributed by atoms with Crippen LogP contribution in [-0.4, -0.2) is 48.0 Å². The van der Waals surface area contributed by atoms with E-state index >= 15 is 0 Å². The fourth-order valence-electron chi connectivity index (χ4n) is 3.70. The van der Waals surface area contributed by atoms with E-state index in [-0.39, 0.29) is 18.0 Å². The fraction of sp³-hybridized carbons (Fsp3) is 0.455. The number of hydrogen-bond acceptors (Lipinski definition) is 4. The van der Waals surface area contributed by atoms with Crippen LogP contribution in [0.1, 0.15) is 36.8 Å². The summed E-state index contributed by atoms with van der Waals surface area (Å²) in [4.78, 5) is 28.5. The van der Waals surface area contributed by atoms with Gasteiger partial charge in [0.2, 0.25) is 5.91 Å². The van der Waals surface area contributed by atoms with Gasteiger partial charge in [-0.3, -0.25) is 4.79 Å². The average Bonchev–Trinajstić information content (AvgIpc) is 3.11. The lowest BCUT2D eigenvalue weighted by atomic mass is 10.0. The third kappa shape index (κ3) is 5.10. The second-order valence-electron chi connectivity index (χ2n) is 7.51. The molecule has 156 valence electrons. The van der Waals surface area contributed by atoms with Crippen LogP contribution in [0.25, 0.3) is 0 Å². The quantitative estimate of drug-likeness (QED) is 0.826. The maximum absolute atomic E-state index is 13.3. The highest BCUT2D eigenvalue weighted by Crippen LogP contribution is 2.27. The first-order valence-electron chi connectivity index (χ1n) is 9.90. The van der Waals surface area contributed by atoms with Crippen molar-refractivity contribution in [1.29, 1.82) is 0 Å². The topological polar surface area (TPSA) is 75.0 Å². The molecule has 1 aromatic heterocycles. The largest absolute Gasteiger partial charge is 0.495 e. The molecule has 3 amide bonds. The molecule has 0 bridgehead atoms. The van der Waals surface area contributed by atoms with Gasteiger partial charge in [-0.05, 0) is 56.5 Å². The number of nitrogens with one attached hydrogen (secondary N) is 1. The number of benzene rings is 1. The molecule has 1 aliphatic rings. The van der Waals surface area contributed by atoms with Gasteiger partial charge in [0.15, 0.2) is 0 Å². The number of ether oxygens (including phenoxy) is 1. The lowest BCUT2D eigenvalue weighted by Crippen LogP contribution is -2.49. The Morgan fingerprint density at radius 2 is 1.93 bits per heavy atom. The Morgan fingerprint density at radius 3 is 2.52 bits per heavy atom. The summed E-state index contributed by atoms with van der Waals surface area (Å²) in [5.41, 5.74) is 1.67. The molecule has 1 saturated heterocycles. The summed E-state index contributed by atoms with van der Waals surface area (Å²) >= 11 is 0. The van der Waals surface area contributed by atoms with E-state index in [9.17, 15) is 9.59 Å². The van der Waals surface area contributed by atoms with Crippen molar-refractivity contribution in [2.45, 2.75) is 46.2 Å². The lowest BCUT2D eigenvalue weighted by Gasteiger charge is -2.38. The molecular weight excluding hydrogens is 370 g/mol. The van der Waals surface area contributed by atoms with Gasteiger partial charge in [0.1, 0.15) is 17.3 Å². The molecule has 0 spiro atoms. The first-order valence-corrected chi connectivity index (χ1v) is 9.90. The standard InChI is InChI=1S/C22H29N3O4/c1-15-5-8-21(28-4)20(13-15)23-22(27)25(14-19-7-6-16(2)29-19)18-9-11-24(12-10-18)17(3)26/h5-8,13,18H,9-12,14H2,1-4H3,(H,23,27). The molecule has 1 aromatic carbocycles. The van der Waals surface area contributed by atoms with E-state index in [0.717, 1.165) is 29.9 Å². The van der Waals surface area contributed by atoms with Crippen molar-refractivity contribution < 1.29 is 18.7 Å². The fourth-order valence-corrected chi connectivity index (χ4v) is 3.70. The van der Waals surface area contributed by atoms with E-state index in [1.807, 2.05) is 49.1 Å². The predicted octanol–water partition coefficient (Wildman–Crippen LogP) is 3.95. The molecule has 7 nitrogen and oxygen atoms in total. The number of urea groups is 1. The molecule has 0 radical (unpaired) electrons. The van der Waals surface area contributed by atoms with Gasteiger partial charge in [0, 0.05) is 26.1 Å². The van der Waals surface area contributed by atoms with Crippen LogP contribution in [0, 0.1) is 13.8 Å². The minimum Gasteiger partial charge on any atom is -0.495 e. The minimum absolute atomic E-state index is 0.0202. The van der Waals surface area contributed by atoms with Crippen LogP contribution in [0.4, 0.5) is 10.5 Å². The molecule has 0 saturated carbocycles. The molecule has 1 N–H and O–H groups in total. The first kappa shape index (κ1) is 20.8. The highest BCUT2D eigenvalue weighted by atomic mass is 16.5. The van der Waals surface area contributed by atoms with E-state index in [4.69, 9.17) is 9.15 Å². The zero-order valence-corrected chi connectivity index (χ0v) is 17.5. The van der Waals surface area contributed by atoms with Gasteiger partial charge in [0.05, 0.1) is 19.3 Å². The summed E-state index contributed by atoms with van der Waals surface area (Å²) in [6.07, 6.45) is 1.47. The van der Waals surface area contributed by atoms with Gasteiger partial charge in [-0.25, -0.2) is 4.79 Å². The maximum Gasteiger partial charge on any atom is 0.322 e. The predicted molar refractivity (Wildman–Crippen MR) is 111 cm³/mol. The van der Waals surface area contributed by atoms with E-state index in [1.54, 1.807) is 18.9 Å². The minimum atomic E-state index is -0.204. The van der Waals surface area contributed by atoms with Crippen LogP contribution in [0.2, 0.25) is 0 Å². The molecule has 0 atom stereocenters. The summed E-state index contributed by atoms with van der Waals surface area (Å²) in [6, 6.07) is 9.29. The molecule has 0 aliphatic carbocycles. The highest BCUT2D eigenvalue weighted by Gasteiger charge is 2.30. The van der Waals surface area contributed by atoms with Crippen LogP contribution in [0.3, 0.4) is 0 Å². The summed E-state index contributed by atoms with van der Waals surface area (Å²) < 4.78 is 11.1. The van der Waals surface area contributed by atoms with E-state index in [2.05, 4.69) is 5.32 Å². The zero-order valence-electron chi connectivity index (χ0n) is 17.5. The smallest absolute Gasteiger partial charge is 0.322 e. The Morgan fingerprint density at radius 1 is 1.21 bits per heavy atom. The average molecular weight is 399 g/mol. The number of amides is 3. The molecule has 1 aliphatic heterocycles. The number of carbonyl (C=O) groups excluding carboxylic acids is 2. The Kier molecular flexibility index (Phi) is 6.46. The lowest BCUT2D eigenvalue weighted by molar-refractivity contribution is -0.130. The summed E-state index contributed by atoms with van der Waals surface area (Å²) in [5.74, 6) is 2.24. The number of hydrogen-bond donors (Lipinski definition) is 1. The molecule has 7 heteroatoms. The van der Waals surface area contributed by atoms with Gasteiger partial charge in [0.25, 0.3) is 0 Å². The van der Waals surface area contributed by atoms with Crippen LogP contribution in [0.15, 0.2) is 34.7 Å². The monoisotopic (exact) mass is 399 g/mol. The number of carbonyl (C=O) groups is 2. The number of likely N-dealkylation sites (tertiary alicyclic amines) is 1. The number of methoxy groups -OCH3 is 1. The van der Waals surface area contributed by atoms with E-state index in [0.29, 0.717) is 31.1 Å². The van der Waals surface area contributed by atoms with Crippen LogP contribution in [0.5, 0.6) is 5.75 Å². The van der Waals surface area contributed by atoms with Crippen LogP contribution in [-0.2, 0) is 11.3 Å². The van der Waals surface area contributed by atoms with Crippen molar-refractivity contribution in [2.75, 3.05) is 25.5 Å². The molecule has 3 rings (SSSR count). The van der Waals surface area contributed by atoms with Crippen LogP contribution < -0.4 is 10.1 Å². The number of anilines is 1. The summed E-state index contributed by atoms with van der Waals surface area (Å²) in [6.45, 7) is 7.11. The summed E-state index contributed by atoms with van der Waals surface area (Å²) in [7, 11) is 1.58. The normalized spacial score (nSPS) is 14.6. The number of piperidine rings is 1. The van der Waals surface area contributed by atoms with Crippen molar-refractivity contribution in [3.8, 4) is 5.75 Å². The molecule has 2 heterocycles. The molecule has 1 fully saturated rings. The van der Waals surface area contributed by atoms with Crippen LogP contribution >= 0.6 is 0 Å². The van der Waals surface area contributed by atoms with Gasteiger partial charge in [-0.15, -0.1) is 0 Å². The third-order valence-corrected chi connectivity index (χ3v) is 5.33.